The lowest BCUT2D eigenvalue weighted by Crippen LogP contribution is -2.52. The predicted octanol–water partition coefficient (Wildman–Crippen LogP) is 3.61. The van der Waals surface area contributed by atoms with Crippen molar-refractivity contribution in [2.24, 2.45) is 5.73 Å². The molecule has 0 atom stereocenters. The van der Waals surface area contributed by atoms with Gasteiger partial charge in [-0.2, -0.15) is 0 Å². The van der Waals surface area contributed by atoms with Crippen LogP contribution in [-0.2, 0) is 13.0 Å². The fraction of sp³-hybridized carbons (Fsp3) is 0.647. The first-order valence-electron chi connectivity index (χ1n) is 7.99. The first kappa shape index (κ1) is 16.6. The number of halogens is 1. The topological polar surface area (TPSA) is 38.5 Å². The summed E-state index contributed by atoms with van der Waals surface area (Å²) in [7, 11) is 0. The van der Waals surface area contributed by atoms with E-state index in [0.717, 1.165) is 49.7 Å². The highest BCUT2D eigenvalue weighted by Crippen LogP contribution is 2.35. The number of rotatable bonds is 7. The number of fused-ring (bicyclic) bond motifs is 1. The maximum atomic E-state index is 6.27. The molecule has 1 aliphatic rings. The first-order chi connectivity index (χ1) is 10.1. The van der Waals surface area contributed by atoms with Crippen molar-refractivity contribution < 1.29 is 4.74 Å². The highest BCUT2D eigenvalue weighted by atomic mass is 35.5. The van der Waals surface area contributed by atoms with E-state index in [4.69, 9.17) is 22.1 Å². The molecule has 0 fully saturated rings. The number of nitrogens with zero attached hydrogens (tertiary/aromatic N) is 1. The quantitative estimate of drug-likeness (QED) is 0.836. The number of hydrogen-bond donors (Lipinski definition) is 1. The van der Waals surface area contributed by atoms with Crippen LogP contribution in [0.3, 0.4) is 0 Å². The fourth-order valence-electron chi connectivity index (χ4n) is 3.40. The van der Waals surface area contributed by atoms with E-state index >= 15 is 0 Å². The largest absolute Gasteiger partial charge is 0.493 e. The molecule has 0 spiro atoms. The lowest BCUT2D eigenvalue weighted by molar-refractivity contribution is 0.0819. The van der Waals surface area contributed by atoms with Gasteiger partial charge in [-0.25, -0.2) is 0 Å². The minimum Gasteiger partial charge on any atom is -0.493 e. The van der Waals surface area contributed by atoms with Crippen LogP contribution in [0, 0.1) is 0 Å². The van der Waals surface area contributed by atoms with Crippen LogP contribution >= 0.6 is 11.6 Å². The van der Waals surface area contributed by atoms with E-state index in [1.165, 1.54) is 11.1 Å². The Bertz CT molecular complexity index is 478. The van der Waals surface area contributed by atoms with Crippen molar-refractivity contribution in [1.29, 1.82) is 0 Å². The second-order valence-electron chi connectivity index (χ2n) is 5.80. The van der Waals surface area contributed by atoms with Gasteiger partial charge in [0.05, 0.1) is 6.61 Å². The van der Waals surface area contributed by atoms with Gasteiger partial charge < -0.3 is 10.5 Å². The lowest BCUT2D eigenvalue weighted by Gasteiger charge is -2.42. The van der Waals surface area contributed by atoms with E-state index in [1.807, 2.05) is 12.1 Å². The van der Waals surface area contributed by atoms with Crippen molar-refractivity contribution in [1.82, 2.24) is 4.90 Å². The summed E-state index contributed by atoms with van der Waals surface area (Å²) in [6.45, 7) is 9.89. The molecule has 0 saturated heterocycles. The molecule has 4 heteroatoms. The summed E-state index contributed by atoms with van der Waals surface area (Å²) >= 11 is 6.27. The molecule has 1 aromatic rings. The molecule has 0 aliphatic carbocycles. The summed E-state index contributed by atoms with van der Waals surface area (Å²) < 4.78 is 5.83. The minimum absolute atomic E-state index is 0.0581. The van der Waals surface area contributed by atoms with Gasteiger partial charge in [-0.05, 0) is 37.1 Å². The van der Waals surface area contributed by atoms with Crippen molar-refractivity contribution in [2.75, 3.05) is 19.7 Å². The van der Waals surface area contributed by atoms with Gasteiger partial charge in [0.15, 0.2) is 0 Å². The predicted molar refractivity (Wildman–Crippen MR) is 89.1 cm³/mol. The zero-order valence-corrected chi connectivity index (χ0v) is 14.2. The van der Waals surface area contributed by atoms with Gasteiger partial charge in [-0.15, -0.1) is 0 Å². The van der Waals surface area contributed by atoms with Gasteiger partial charge in [0.2, 0.25) is 0 Å². The molecule has 2 rings (SSSR count). The van der Waals surface area contributed by atoms with E-state index in [-0.39, 0.29) is 5.54 Å². The zero-order chi connectivity index (χ0) is 15.5. The van der Waals surface area contributed by atoms with Gasteiger partial charge in [-0.1, -0.05) is 32.4 Å². The number of likely N-dealkylation sites (N-methyl/N-ethyl adjacent to an activating group) is 1. The summed E-state index contributed by atoms with van der Waals surface area (Å²) in [4.78, 5) is 2.47. The van der Waals surface area contributed by atoms with Crippen LogP contribution in [0.2, 0.25) is 5.02 Å². The Hall–Kier alpha value is -0.770. The van der Waals surface area contributed by atoms with E-state index < -0.39 is 0 Å². The van der Waals surface area contributed by atoms with E-state index in [1.54, 1.807) is 0 Å². The second-order valence-corrected chi connectivity index (χ2v) is 6.24. The van der Waals surface area contributed by atoms with Crippen molar-refractivity contribution >= 4 is 11.6 Å². The fourth-order valence-corrected chi connectivity index (χ4v) is 3.66. The minimum atomic E-state index is 0.0581. The average Bonchev–Trinajstić information content (AvgIpc) is 2.96. The Morgan fingerprint density at radius 3 is 2.57 bits per heavy atom. The van der Waals surface area contributed by atoms with Crippen LogP contribution in [0.5, 0.6) is 5.75 Å². The second kappa shape index (κ2) is 6.99. The lowest BCUT2D eigenvalue weighted by atomic mass is 9.90. The van der Waals surface area contributed by atoms with Gasteiger partial charge in [0.1, 0.15) is 5.75 Å². The molecule has 1 aliphatic heterocycles. The maximum absolute atomic E-state index is 6.27. The molecule has 118 valence electrons. The summed E-state index contributed by atoms with van der Waals surface area (Å²) in [6, 6.07) is 4.07. The monoisotopic (exact) mass is 310 g/mol. The molecule has 2 N–H and O–H groups in total. The zero-order valence-electron chi connectivity index (χ0n) is 13.4. The van der Waals surface area contributed by atoms with Crippen molar-refractivity contribution in [3.63, 3.8) is 0 Å². The Labute approximate surface area is 133 Å². The molecule has 0 unspecified atom stereocenters. The highest BCUT2D eigenvalue weighted by molar-refractivity contribution is 6.30. The number of ether oxygens (including phenoxy) is 1. The summed E-state index contributed by atoms with van der Waals surface area (Å²) in [5, 5.41) is 0.802. The van der Waals surface area contributed by atoms with E-state index in [0.29, 0.717) is 6.54 Å². The molecule has 0 aromatic heterocycles. The maximum Gasteiger partial charge on any atom is 0.127 e. The summed E-state index contributed by atoms with van der Waals surface area (Å²) in [5.74, 6) is 1.04. The van der Waals surface area contributed by atoms with Crippen LogP contribution in [0.15, 0.2) is 12.1 Å². The van der Waals surface area contributed by atoms with E-state index in [2.05, 4.69) is 25.7 Å². The molecule has 1 heterocycles. The Balaban J connectivity index is 2.31. The molecule has 3 nitrogen and oxygen atoms in total. The van der Waals surface area contributed by atoms with Crippen LogP contribution in [0.1, 0.15) is 44.7 Å². The molecule has 21 heavy (non-hydrogen) atoms. The number of benzene rings is 1. The number of nitrogens with two attached hydrogens (primary N) is 1. The van der Waals surface area contributed by atoms with Crippen molar-refractivity contribution in [2.45, 2.75) is 52.1 Å². The van der Waals surface area contributed by atoms with Crippen LogP contribution < -0.4 is 10.5 Å². The average molecular weight is 311 g/mol. The normalized spacial score (nSPS) is 14.4. The molecule has 0 radical (unpaired) electrons. The molecular weight excluding hydrogens is 284 g/mol. The first-order valence-corrected chi connectivity index (χ1v) is 8.37. The third-order valence-electron chi connectivity index (χ3n) is 4.94. The summed E-state index contributed by atoms with van der Waals surface area (Å²) in [6.07, 6.45) is 3.06. The van der Waals surface area contributed by atoms with Crippen molar-refractivity contribution in [3.8, 4) is 5.75 Å². The smallest absolute Gasteiger partial charge is 0.127 e. The van der Waals surface area contributed by atoms with Gasteiger partial charge in [0, 0.05) is 35.6 Å². The molecular formula is C17H27ClN2O. The van der Waals surface area contributed by atoms with Crippen LogP contribution in [0.4, 0.5) is 0 Å². The van der Waals surface area contributed by atoms with Gasteiger partial charge in [0.25, 0.3) is 0 Å². The van der Waals surface area contributed by atoms with Crippen molar-refractivity contribution in [3.05, 3.63) is 28.3 Å². The van der Waals surface area contributed by atoms with Gasteiger partial charge >= 0.3 is 0 Å². The molecule has 0 bridgehead atoms. The standard InChI is InChI=1S/C17H27ClN2O/c1-4-17(5-2,12-19)20(6-3)11-14-10-15(18)9-13-7-8-21-16(13)14/h9-10H,4-8,11-12,19H2,1-3H3. The molecule has 0 amide bonds. The van der Waals surface area contributed by atoms with E-state index in [9.17, 15) is 0 Å². The summed E-state index contributed by atoms with van der Waals surface area (Å²) in [5.41, 5.74) is 8.59. The van der Waals surface area contributed by atoms with Crippen LogP contribution in [-0.4, -0.2) is 30.1 Å². The SMILES string of the molecule is CCN(Cc1cc(Cl)cc2c1OCC2)C(CC)(CC)CN. The number of hydrogen-bond acceptors (Lipinski definition) is 3. The molecule has 1 aromatic carbocycles. The Morgan fingerprint density at radius 1 is 1.29 bits per heavy atom. The Morgan fingerprint density at radius 2 is 2.00 bits per heavy atom. The third kappa shape index (κ3) is 3.20. The molecule has 0 saturated carbocycles. The highest BCUT2D eigenvalue weighted by Gasteiger charge is 2.32. The van der Waals surface area contributed by atoms with Crippen LogP contribution in [0.25, 0.3) is 0 Å². The third-order valence-corrected chi connectivity index (χ3v) is 5.15. The van der Waals surface area contributed by atoms with Gasteiger partial charge in [-0.3, -0.25) is 4.90 Å². The Kier molecular flexibility index (Phi) is 5.53.